The molecule has 12 heteroatoms. The van der Waals surface area contributed by atoms with E-state index in [4.69, 9.17) is 22.1 Å². The van der Waals surface area contributed by atoms with E-state index in [1.54, 1.807) is 0 Å². The first-order chi connectivity index (χ1) is 14.5. The Hall–Kier alpha value is -2.69. The zero-order chi connectivity index (χ0) is 22.6. The Kier molecular flexibility index (Phi) is 5.19. The first-order valence-electron chi connectivity index (χ1n) is 9.07. The molecule has 0 radical (unpaired) electrons. The van der Waals surface area contributed by atoms with Crippen molar-refractivity contribution in [3.63, 3.8) is 0 Å². The third-order valence-electron chi connectivity index (χ3n) is 5.28. The Morgan fingerprint density at radius 1 is 1.23 bits per heavy atom. The number of benzene rings is 1. The summed E-state index contributed by atoms with van der Waals surface area (Å²) < 4.78 is 89.1. The first-order valence-corrected chi connectivity index (χ1v) is 9.45. The molecule has 1 fully saturated rings. The number of pyridine rings is 1. The smallest absolute Gasteiger partial charge is 0.414 e. The first kappa shape index (κ1) is 21.5. The number of aromatic nitrogens is 1. The van der Waals surface area contributed by atoms with Crippen LogP contribution in [0, 0.1) is 11.7 Å². The molecular formula is C19H15ClF6N4O. The van der Waals surface area contributed by atoms with Crippen molar-refractivity contribution in [1.29, 1.82) is 0 Å². The SMILES string of the molecule is NC1=NC(c2cc(NC(c3ccc(Cl)cn3)C(F)(F)F)ccc2F)(C(F)F)C2CC2O1. The summed E-state index contributed by atoms with van der Waals surface area (Å²) in [4.78, 5) is 7.39. The molecule has 1 aromatic carbocycles. The van der Waals surface area contributed by atoms with Crippen LogP contribution < -0.4 is 11.1 Å². The summed E-state index contributed by atoms with van der Waals surface area (Å²) in [5.74, 6) is -1.89. The van der Waals surface area contributed by atoms with Crippen molar-refractivity contribution in [1.82, 2.24) is 4.98 Å². The molecule has 5 nitrogen and oxygen atoms in total. The second kappa shape index (κ2) is 7.47. The topological polar surface area (TPSA) is 72.5 Å². The summed E-state index contributed by atoms with van der Waals surface area (Å²) in [5, 5.41) is 2.34. The number of ether oxygens (including phenoxy) is 1. The molecule has 4 rings (SSSR count). The maximum atomic E-state index is 14.7. The normalized spacial score (nSPS) is 26.0. The second-order valence-corrected chi connectivity index (χ2v) is 7.73. The van der Waals surface area contributed by atoms with Crippen molar-refractivity contribution in [2.45, 2.75) is 36.7 Å². The van der Waals surface area contributed by atoms with E-state index in [9.17, 15) is 26.3 Å². The van der Waals surface area contributed by atoms with E-state index in [0.29, 0.717) is 0 Å². The Bertz CT molecular complexity index is 1020. The van der Waals surface area contributed by atoms with Gasteiger partial charge in [-0.25, -0.2) is 18.2 Å². The van der Waals surface area contributed by atoms with Crippen molar-refractivity contribution < 1.29 is 31.1 Å². The number of alkyl halides is 5. The molecule has 2 aliphatic rings. The number of amidine groups is 1. The zero-order valence-corrected chi connectivity index (χ0v) is 16.3. The summed E-state index contributed by atoms with van der Waals surface area (Å²) in [5.41, 5.74) is 1.96. The fourth-order valence-electron chi connectivity index (χ4n) is 3.77. The van der Waals surface area contributed by atoms with Crippen LogP contribution in [0.5, 0.6) is 0 Å². The monoisotopic (exact) mass is 464 g/mol. The summed E-state index contributed by atoms with van der Waals surface area (Å²) in [6, 6.07) is 2.23. The lowest BCUT2D eigenvalue weighted by atomic mass is 9.84. The van der Waals surface area contributed by atoms with Gasteiger partial charge in [0.1, 0.15) is 11.9 Å². The molecule has 3 N–H and O–H groups in total. The average Bonchev–Trinajstić information content (AvgIpc) is 3.46. The van der Waals surface area contributed by atoms with E-state index in [1.807, 2.05) is 0 Å². The van der Waals surface area contributed by atoms with E-state index in [1.165, 1.54) is 6.07 Å². The maximum Gasteiger partial charge on any atom is 0.414 e. The van der Waals surface area contributed by atoms with Crippen LogP contribution in [0.3, 0.4) is 0 Å². The number of nitrogens with two attached hydrogens (primary N) is 1. The summed E-state index contributed by atoms with van der Waals surface area (Å²) in [6.45, 7) is 0. The van der Waals surface area contributed by atoms with E-state index >= 15 is 0 Å². The molecule has 1 saturated carbocycles. The Morgan fingerprint density at radius 2 is 1.97 bits per heavy atom. The highest BCUT2D eigenvalue weighted by molar-refractivity contribution is 6.30. The van der Waals surface area contributed by atoms with Crippen LogP contribution in [0.25, 0.3) is 0 Å². The van der Waals surface area contributed by atoms with E-state index in [2.05, 4.69) is 15.3 Å². The molecule has 1 aromatic heterocycles. The van der Waals surface area contributed by atoms with Crippen LogP contribution in [0.15, 0.2) is 41.5 Å². The van der Waals surface area contributed by atoms with Crippen molar-refractivity contribution in [3.8, 4) is 0 Å². The quantitative estimate of drug-likeness (QED) is 0.624. The predicted octanol–water partition coefficient (Wildman–Crippen LogP) is 4.78. The minimum Gasteiger partial charge on any atom is -0.462 e. The standard InChI is InChI=1S/C19H15ClF6N4O/c20-8-1-4-13(28-7-8)15(19(24,25)26)29-9-2-3-12(21)10(5-9)18(16(22)23)11-6-14(11)31-17(27)30-18/h1-5,7,11,14-16,29H,6H2,(H2,27,30). The van der Waals surface area contributed by atoms with Gasteiger partial charge in [-0.05, 0) is 36.8 Å². The number of hydrogen-bond acceptors (Lipinski definition) is 5. The molecule has 0 spiro atoms. The number of rotatable bonds is 5. The lowest BCUT2D eigenvalue weighted by Gasteiger charge is -2.33. The van der Waals surface area contributed by atoms with Gasteiger partial charge in [0.15, 0.2) is 11.6 Å². The van der Waals surface area contributed by atoms with Gasteiger partial charge in [-0.2, -0.15) is 13.2 Å². The largest absolute Gasteiger partial charge is 0.462 e. The van der Waals surface area contributed by atoms with Crippen molar-refractivity contribution in [3.05, 3.63) is 58.6 Å². The van der Waals surface area contributed by atoms with Gasteiger partial charge < -0.3 is 15.8 Å². The van der Waals surface area contributed by atoms with E-state index in [0.717, 1.165) is 30.5 Å². The number of fused-ring (bicyclic) bond motifs is 1. The summed E-state index contributed by atoms with van der Waals surface area (Å²) in [6.07, 6.45) is -7.38. The van der Waals surface area contributed by atoms with Gasteiger partial charge in [0.25, 0.3) is 12.4 Å². The lowest BCUT2D eigenvalue weighted by molar-refractivity contribution is -0.144. The third-order valence-corrected chi connectivity index (χ3v) is 5.50. The highest BCUT2D eigenvalue weighted by Crippen LogP contribution is 2.56. The third kappa shape index (κ3) is 3.86. The van der Waals surface area contributed by atoms with Gasteiger partial charge in [-0.15, -0.1) is 0 Å². The summed E-state index contributed by atoms with van der Waals surface area (Å²) >= 11 is 5.68. The molecule has 4 atom stereocenters. The van der Waals surface area contributed by atoms with Crippen molar-refractivity contribution >= 4 is 23.3 Å². The van der Waals surface area contributed by atoms with Crippen LogP contribution in [0.4, 0.5) is 32.0 Å². The van der Waals surface area contributed by atoms with Gasteiger partial charge in [0, 0.05) is 23.4 Å². The van der Waals surface area contributed by atoms with Crippen LogP contribution in [-0.4, -0.2) is 29.7 Å². The van der Waals surface area contributed by atoms with Gasteiger partial charge in [0.2, 0.25) is 0 Å². The van der Waals surface area contributed by atoms with Gasteiger partial charge in [-0.1, -0.05) is 11.6 Å². The molecular weight excluding hydrogens is 450 g/mol. The van der Waals surface area contributed by atoms with Crippen LogP contribution in [0.2, 0.25) is 5.02 Å². The number of halogens is 7. The minimum atomic E-state index is -4.79. The van der Waals surface area contributed by atoms with Crippen LogP contribution >= 0.6 is 11.6 Å². The number of hydrogen-bond donors (Lipinski definition) is 2. The zero-order valence-electron chi connectivity index (χ0n) is 15.5. The molecule has 2 aromatic rings. The maximum absolute atomic E-state index is 14.7. The van der Waals surface area contributed by atoms with Gasteiger partial charge >= 0.3 is 6.18 Å². The lowest BCUT2D eigenvalue weighted by Crippen LogP contribution is -2.43. The highest BCUT2D eigenvalue weighted by atomic mass is 35.5. The minimum absolute atomic E-state index is 0.140. The number of anilines is 1. The summed E-state index contributed by atoms with van der Waals surface area (Å²) in [7, 11) is 0. The second-order valence-electron chi connectivity index (χ2n) is 7.29. The highest BCUT2D eigenvalue weighted by Gasteiger charge is 2.64. The fourth-order valence-corrected chi connectivity index (χ4v) is 3.88. The molecule has 31 heavy (non-hydrogen) atoms. The van der Waals surface area contributed by atoms with Gasteiger partial charge in [0.05, 0.1) is 10.7 Å². The van der Waals surface area contributed by atoms with Crippen molar-refractivity contribution in [2.24, 2.45) is 16.6 Å². The molecule has 166 valence electrons. The van der Waals surface area contributed by atoms with Crippen LogP contribution in [0.1, 0.15) is 23.7 Å². The Balaban J connectivity index is 1.75. The van der Waals surface area contributed by atoms with Gasteiger partial charge in [-0.3, -0.25) is 4.98 Å². The molecule has 1 aliphatic heterocycles. The molecule has 0 saturated heterocycles. The number of nitrogens with zero attached hydrogens (tertiary/aromatic N) is 2. The van der Waals surface area contributed by atoms with E-state index in [-0.39, 0.29) is 17.1 Å². The Morgan fingerprint density at radius 3 is 2.58 bits per heavy atom. The van der Waals surface area contributed by atoms with Crippen LogP contribution in [-0.2, 0) is 10.3 Å². The molecule has 4 unspecified atom stereocenters. The fraction of sp³-hybridized carbons (Fsp3) is 0.368. The number of nitrogens with one attached hydrogen (secondary N) is 1. The number of aliphatic imine (C=N–C) groups is 1. The molecule has 2 heterocycles. The van der Waals surface area contributed by atoms with E-state index < -0.39 is 59.3 Å². The molecule has 0 amide bonds. The Labute approximate surface area is 177 Å². The predicted molar refractivity (Wildman–Crippen MR) is 100 cm³/mol. The van der Waals surface area contributed by atoms with Crippen molar-refractivity contribution in [2.75, 3.05) is 5.32 Å². The average molecular weight is 465 g/mol. The molecule has 0 bridgehead atoms. The molecule has 1 aliphatic carbocycles.